The molecule has 0 bridgehead atoms. The molecule has 3 N–H and O–H groups in total. The van der Waals surface area contributed by atoms with E-state index in [9.17, 15) is 9.59 Å². The van der Waals surface area contributed by atoms with Crippen LogP contribution in [0.3, 0.4) is 0 Å². The van der Waals surface area contributed by atoms with Gasteiger partial charge in [-0.2, -0.15) is 0 Å². The van der Waals surface area contributed by atoms with E-state index in [1.54, 1.807) is 0 Å². The van der Waals surface area contributed by atoms with Crippen molar-refractivity contribution in [3.8, 4) is 0 Å². The van der Waals surface area contributed by atoms with Crippen LogP contribution in [-0.2, 0) is 0 Å². The second-order valence-corrected chi connectivity index (χ2v) is 3.18. The molecular formula is C7H10N4O2. The number of H-pyrrole nitrogens is 2. The molecule has 0 spiro atoms. The van der Waals surface area contributed by atoms with Crippen LogP contribution in [0.4, 0.5) is 5.82 Å². The van der Waals surface area contributed by atoms with Crippen LogP contribution < -0.4 is 16.6 Å². The van der Waals surface area contributed by atoms with Crippen molar-refractivity contribution in [2.45, 2.75) is 12.8 Å². The molecule has 6 heteroatoms. The highest BCUT2D eigenvalue weighted by atomic mass is 16.2. The number of hydrogen-bond acceptors (Lipinski definition) is 4. The average Bonchev–Trinajstić information content (AvgIpc) is 2.86. The molecule has 1 fully saturated rings. The molecule has 1 aliphatic rings. The van der Waals surface area contributed by atoms with Crippen molar-refractivity contribution < 1.29 is 0 Å². The SMILES string of the molecule is O=c1[nH]nc(NCC2CC2)c(=O)[nH]1. The minimum absolute atomic E-state index is 0.187. The van der Waals surface area contributed by atoms with Gasteiger partial charge in [-0.25, -0.2) is 9.89 Å². The van der Waals surface area contributed by atoms with Crippen molar-refractivity contribution in [1.82, 2.24) is 15.2 Å². The Hall–Kier alpha value is -1.59. The molecule has 0 amide bonds. The summed E-state index contributed by atoms with van der Waals surface area (Å²) in [6.07, 6.45) is 2.41. The zero-order valence-corrected chi connectivity index (χ0v) is 6.96. The molecule has 1 aromatic heterocycles. The number of anilines is 1. The summed E-state index contributed by atoms with van der Waals surface area (Å²) in [4.78, 5) is 23.8. The number of hydrogen-bond donors (Lipinski definition) is 3. The lowest BCUT2D eigenvalue weighted by Crippen LogP contribution is -2.27. The van der Waals surface area contributed by atoms with Crippen LogP contribution >= 0.6 is 0 Å². The summed E-state index contributed by atoms with van der Waals surface area (Å²) in [5.41, 5.74) is -1.05. The van der Waals surface area contributed by atoms with Crippen LogP contribution in [0.15, 0.2) is 9.59 Å². The maximum atomic E-state index is 11.1. The molecule has 1 aliphatic carbocycles. The number of nitrogens with zero attached hydrogens (tertiary/aromatic N) is 1. The fourth-order valence-electron chi connectivity index (χ4n) is 1.03. The first-order valence-corrected chi connectivity index (χ1v) is 4.18. The van der Waals surface area contributed by atoms with Gasteiger partial charge in [-0.1, -0.05) is 0 Å². The van der Waals surface area contributed by atoms with E-state index >= 15 is 0 Å². The zero-order chi connectivity index (χ0) is 9.26. The Balaban J connectivity index is 2.10. The zero-order valence-electron chi connectivity index (χ0n) is 6.96. The molecule has 1 saturated carbocycles. The van der Waals surface area contributed by atoms with Gasteiger partial charge in [-0.15, -0.1) is 5.10 Å². The number of aromatic nitrogens is 3. The van der Waals surface area contributed by atoms with Crippen LogP contribution in [0.2, 0.25) is 0 Å². The predicted octanol–water partition coefficient (Wildman–Crippen LogP) is -0.720. The monoisotopic (exact) mass is 182 g/mol. The molecule has 0 saturated heterocycles. The van der Waals surface area contributed by atoms with Gasteiger partial charge in [0.15, 0.2) is 0 Å². The number of rotatable bonds is 3. The van der Waals surface area contributed by atoms with E-state index in [0.29, 0.717) is 5.92 Å². The van der Waals surface area contributed by atoms with Crippen molar-refractivity contribution in [3.63, 3.8) is 0 Å². The lowest BCUT2D eigenvalue weighted by Gasteiger charge is -2.00. The maximum absolute atomic E-state index is 11.1. The van der Waals surface area contributed by atoms with E-state index in [0.717, 1.165) is 6.54 Å². The number of aromatic amines is 2. The van der Waals surface area contributed by atoms with Crippen LogP contribution in [0.5, 0.6) is 0 Å². The summed E-state index contributed by atoms with van der Waals surface area (Å²) in [6.45, 7) is 0.752. The van der Waals surface area contributed by atoms with Crippen LogP contribution in [0.1, 0.15) is 12.8 Å². The Labute approximate surface area is 73.4 Å². The summed E-state index contributed by atoms with van der Waals surface area (Å²) in [5.74, 6) is 0.847. The van der Waals surface area contributed by atoms with Gasteiger partial charge in [0.2, 0.25) is 5.82 Å². The molecule has 1 aromatic rings. The smallest absolute Gasteiger partial charge is 0.342 e. The van der Waals surface area contributed by atoms with E-state index in [-0.39, 0.29) is 5.82 Å². The molecule has 0 radical (unpaired) electrons. The van der Waals surface area contributed by atoms with Crippen molar-refractivity contribution >= 4 is 5.82 Å². The molecular weight excluding hydrogens is 172 g/mol. The summed E-state index contributed by atoms with van der Waals surface area (Å²) < 4.78 is 0. The highest BCUT2D eigenvalue weighted by Crippen LogP contribution is 2.28. The lowest BCUT2D eigenvalue weighted by atomic mass is 10.4. The fourth-order valence-corrected chi connectivity index (χ4v) is 1.03. The van der Waals surface area contributed by atoms with Crippen molar-refractivity contribution in [3.05, 3.63) is 20.8 Å². The van der Waals surface area contributed by atoms with Gasteiger partial charge in [-0.3, -0.25) is 9.78 Å². The van der Waals surface area contributed by atoms with E-state index in [1.807, 2.05) is 0 Å². The molecule has 2 rings (SSSR count). The summed E-state index contributed by atoms with van der Waals surface area (Å²) in [5, 5.41) is 8.62. The molecule has 70 valence electrons. The molecule has 0 unspecified atom stereocenters. The van der Waals surface area contributed by atoms with Gasteiger partial charge in [0, 0.05) is 6.54 Å². The highest BCUT2D eigenvalue weighted by Gasteiger charge is 2.21. The van der Waals surface area contributed by atoms with Crippen LogP contribution in [0, 0.1) is 5.92 Å². The van der Waals surface area contributed by atoms with Gasteiger partial charge < -0.3 is 5.32 Å². The molecule has 1 heterocycles. The first-order chi connectivity index (χ1) is 6.25. The highest BCUT2D eigenvalue weighted by molar-refractivity contribution is 5.28. The quantitative estimate of drug-likeness (QED) is 0.575. The van der Waals surface area contributed by atoms with Gasteiger partial charge in [0.05, 0.1) is 0 Å². The molecule has 6 nitrogen and oxygen atoms in total. The minimum Gasteiger partial charge on any atom is -0.364 e. The Morgan fingerprint density at radius 3 is 2.85 bits per heavy atom. The third kappa shape index (κ3) is 1.95. The van der Waals surface area contributed by atoms with Gasteiger partial charge >= 0.3 is 5.69 Å². The molecule has 0 aromatic carbocycles. The maximum Gasteiger partial charge on any atom is 0.342 e. The van der Waals surface area contributed by atoms with Crippen LogP contribution in [0.25, 0.3) is 0 Å². The van der Waals surface area contributed by atoms with Crippen molar-refractivity contribution in [2.75, 3.05) is 11.9 Å². The van der Waals surface area contributed by atoms with E-state index in [2.05, 4.69) is 20.5 Å². The first kappa shape index (κ1) is 8.03. The second kappa shape index (κ2) is 3.04. The summed E-state index contributed by atoms with van der Waals surface area (Å²) >= 11 is 0. The molecule has 0 atom stereocenters. The first-order valence-electron chi connectivity index (χ1n) is 4.18. The minimum atomic E-state index is -0.582. The largest absolute Gasteiger partial charge is 0.364 e. The standard InChI is InChI=1S/C7H10N4O2/c12-6-5(8-3-4-1-2-4)10-11-7(13)9-6/h4H,1-3H2,(H,8,10)(H2,9,11,12,13). The second-order valence-electron chi connectivity index (χ2n) is 3.18. The van der Waals surface area contributed by atoms with Gasteiger partial charge in [0.25, 0.3) is 5.56 Å². The van der Waals surface area contributed by atoms with Gasteiger partial charge in [-0.05, 0) is 18.8 Å². The normalized spacial score (nSPS) is 15.7. The van der Waals surface area contributed by atoms with E-state index in [4.69, 9.17) is 0 Å². The Kier molecular flexibility index (Phi) is 1.88. The topological polar surface area (TPSA) is 90.6 Å². The van der Waals surface area contributed by atoms with Crippen molar-refractivity contribution in [1.29, 1.82) is 0 Å². The van der Waals surface area contributed by atoms with E-state index in [1.165, 1.54) is 12.8 Å². The third-order valence-electron chi connectivity index (χ3n) is 1.97. The summed E-state index contributed by atoms with van der Waals surface area (Å²) in [7, 11) is 0. The van der Waals surface area contributed by atoms with Gasteiger partial charge in [0.1, 0.15) is 0 Å². The average molecular weight is 182 g/mol. The Morgan fingerprint density at radius 2 is 2.23 bits per heavy atom. The lowest BCUT2D eigenvalue weighted by molar-refractivity contribution is 0.842. The van der Waals surface area contributed by atoms with E-state index < -0.39 is 11.2 Å². The molecule has 13 heavy (non-hydrogen) atoms. The van der Waals surface area contributed by atoms with Crippen molar-refractivity contribution in [2.24, 2.45) is 5.92 Å². The van der Waals surface area contributed by atoms with Crippen LogP contribution in [-0.4, -0.2) is 21.7 Å². The number of nitrogens with one attached hydrogen (secondary N) is 3. The third-order valence-corrected chi connectivity index (χ3v) is 1.97. The summed E-state index contributed by atoms with van der Waals surface area (Å²) in [6, 6.07) is 0. The fraction of sp³-hybridized carbons (Fsp3) is 0.571. The predicted molar refractivity (Wildman–Crippen MR) is 46.7 cm³/mol. The Morgan fingerprint density at radius 1 is 1.46 bits per heavy atom. The Bertz CT molecular complexity index is 403. The molecule has 0 aliphatic heterocycles.